The van der Waals surface area contributed by atoms with Crippen LogP contribution in [0.1, 0.15) is 0 Å². The van der Waals surface area contributed by atoms with Crippen LogP contribution >= 0.6 is 23.5 Å². The Kier molecular flexibility index (Phi) is 6.64. The molecule has 84 valence electrons. The minimum absolute atomic E-state index is 0.803. The molecule has 7 heteroatoms. The molecule has 0 atom stereocenters. The first-order valence-corrected chi connectivity index (χ1v) is 12.8. The van der Waals surface area contributed by atoms with E-state index in [1.54, 1.807) is 0 Å². The summed E-state index contributed by atoms with van der Waals surface area (Å²) in [5.74, 6) is 0. The zero-order valence-corrected chi connectivity index (χ0v) is 13.2. The third-order valence-corrected chi connectivity index (χ3v) is 12.9. The third-order valence-electron chi connectivity index (χ3n) is 1.52. The Bertz CT molecular complexity index is 255. The summed E-state index contributed by atoms with van der Waals surface area (Å²) in [6.07, 6.45) is 0. The predicted molar refractivity (Wildman–Crippen MR) is 72.2 cm³/mol. The van der Waals surface area contributed by atoms with Crippen LogP contribution in [0, 0.1) is 21.3 Å². The summed E-state index contributed by atoms with van der Waals surface area (Å²) in [5, 5.41) is 22.8. The van der Waals surface area contributed by atoms with Crippen LogP contribution in [0.25, 0.3) is 0 Å². The SMILES string of the molecule is C[Si](C)(CSC#N)O[Si](C)(C)CSC#N. The molecule has 0 radical (unpaired) electrons. The Morgan fingerprint density at radius 3 is 1.53 bits per heavy atom. The summed E-state index contributed by atoms with van der Waals surface area (Å²) in [6, 6.07) is 0. The zero-order chi connectivity index (χ0) is 11.9. The van der Waals surface area contributed by atoms with Gasteiger partial charge in [-0.3, -0.25) is 0 Å². The molecule has 0 unspecified atom stereocenters. The van der Waals surface area contributed by atoms with Gasteiger partial charge in [0.15, 0.2) is 16.6 Å². The van der Waals surface area contributed by atoms with E-state index in [4.69, 9.17) is 14.6 Å². The van der Waals surface area contributed by atoms with Gasteiger partial charge in [0.2, 0.25) is 0 Å². The first kappa shape index (κ1) is 15.1. The Morgan fingerprint density at radius 1 is 0.933 bits per heavy atom. The molecule has 0 spiro atoms. The highest BCUT2D eigenvalue weighted by molar-refractivity contribution is 8.05. The quantitative estimate of drug-likeness (QED) is 0.551. The van der Waals surface area contributed by atoms with Gasteiger partial charge in [0.1, 0.15) is 10.8 Å². The van der Waals surface area contributed by atoms with Gasteiger partial charge in [-0.1, -0.05) is 0 Å². The van der Waals surface area contributed by atoms with Crippen molar-refractivity contribution in [3.8, 4) is 10.8 Å². The Labute approximate surface area is 102 Å². The molecular weight excluding hydrogens is 260 g/mol. The van der Waals surface area contributed by atoms with Gasteiger partial charge in [-0.2, -0.15) is 10.5 Å². The Balaban J connectivity index is 4.18. The molecule has 0 aliphatic carbocycles. The zero-order valence-electron chi connectivity index (χ0n) is 9.53. The average molecular weight is 277 g/mol. The van der Waals surface area contributed by atoms with E-state index in [1.165, 1.54) is 23.5 Å². The van der Waals surface area contributed by atoms with Crippen molar-refractivity contribution in [1.82, 2.24) is 0 Å². The lowest BCUT2D eigenvalue weighted by Crippen LogP contribution is -2.48. The van der Waals surface area contributed by atoms with Crippen molar-refractivity contribution < 1.29 is 4.12 Å². The van der Waals surface area contributed by atoms with Crippen LogP contribution in [0.2, 0.25) is 26.2 Å². The summed E-state index contributed by atoms with van der Waals surface area (Å²) in [6.45, 7) is 8.51. The minimum atomic E-state index is -1.73. The van der Waals surface area contributed by atoms with E-state index in [-0.39, 0.29) is 0 Å². The van der Waals surface area contributed by atoms with Gasteiger partial charge in [0.05, 0.1) is 0 Å². The Hall–Kier alpha value is 0.0738. The predicted octanol–water partition coefficient (Wildman–Crippen LogP) is 2.92. The molecule has 0 aromatic carbocycles. The molecular formula is C8H16N2OS2Si2. The van der Waals surface area contributed by atoms with Crippen LogP contribution in [0.4, 0.5) is 0 Å². The van der Waals surface area contributed by atoms with Crippen LogP contribution in [0.3, 0.4) is 0 Å². The van der Waals surface area contributed by atoms with Crippen molar-refractivity contribution in [2.75, 3.05) is 10.8 Å². The van der Waals surface area contributed by atoms with Crippen molar-refractivity contribution in [3.63, 3.8) is 0 Å². The number of rotatable bonds is 6. The van der Waals surface area contributed by atoms with Crippen molar-refractivity contribution in [1.29, 1.82) is 10.5 Å². The maximum atomic E-state index is 8.51. The largest absolute Gasteiger partial charge is 0.454 e. The first-order chi connectivity index (χ1) is 6.83. The molecule has 3 nitrogen and oxygen atoms in total. The molecule has 0 aromatic heterocycles. The van der Waals surface area contributed by atoms with Crippen molar-refractivity contribution in [3.05, 3.63) is 0 Å². The van der Waals surface area contributed by atoms with Gasteiger partial charge >= 0.3 is 0 Å². The van der Waals surface area contributed by atoms with E-state index in [0.717, 1.165) is 10.8 Å². The molecule has 0 aromatic rings. The highest BCUT2D eigenvalue weighted by atomic mass is 32.2. The highest BCUT2D eigenvalue weighted by Crippen LogP contribution is 2.21. The summed E-state index contributed by atoms with van der Waals surface area (Å²) in [7, 11) is -3.46. The van der Waals surface area contributed by atoms with Gasteiger partial charge in [-0.05, 0) is 49.7 Å². The summed E-state index contributed by atoms with van der Waals surface area (Å²) < 4.78 is 6.16. The lowest BCUT2D eigenvalue weighted by atomic mass is 11.8. The normalized spacial score (nSPS) is 11.9. The Morgan fingerprint density at radius 2 is 1.27 bits per heavy atom. The molecule has 0 N–H and O–H groups in total. The molecule has 0 aliphatic rings. The fraction of sp³-hybridized carbons (Fsp3) is 0.750. The topological polar surface area (TPSA) is 56.8 Å². The third kappa shape index (κ3) is 7.94. The summed E-state index contributed by atoms with van der Waals surface area (Å²) in [4.78, 5) is 0. The maximum absolute atomic E-state index is 8.51. The van der Waals surface area contributed by atoms with E-state index in [0.29, 0.717) is 0 Å². The second-order valence-electron chi connectivity index (χ2n) is 4.38. The average Bonchev–Trinajstić information content (AvgIpc) is 2.10. The van der Waals surface area contributed by atoms with Crippen LogP contribution in [-0.2, 0) is 4.12 Å². The number of nitriles is 2. The van der Waals surface area contributed by atoms with E-state index in [2.05, 4.69) is 37.0 Å². The van der Waals surface area contributed by atoms with Crippen LogP contribution in [-0.4, -0.2) is 27.4 Å². The second-order valence-corrected chi connectivity index (χ2v) is 15.5. The molecule has 0 saturated carbocycles. The highest BCUT2D eigenvalue weighted by Gasteiger charge is 2.33. The molecule has 0 heterocycles. The maximum Gasteiger partial charge on any atom is 0.184 e. The molecule has 0 amide bonds. The van der Waals surface area contributed by atoms with Gasteiger partial charge < -0.3 is 4.12 Å². The first-order valence-electron chi connectivity index (χ1n) is 4.55. The number of thioether (sulfide) groups is 2. The molecule has 0 aliphatic heterocycles. The van der Waals surface area contributed by atoms with Gasteiger partial charge in [-0.25, -0.2) is 0 Å². The minimum Gasteiger partial charge on any atom is -0.454 e. The number of thiocyanates is 2. The fourth-order valence-electron chi connectivity index (χ4n) is 1.22. The lowest BCUT2D eigenvalue weighted by molar-refractivity contribution is 0.557. The van der Waals surface area contributed by atoms with E-state index in [9.17, 15) is 0 Å². The summed E-state index contributed by atoms with van der Waals surface area (Å²) in [5.41, 5.74) is 0. The van der Waals surface area contributed by atoms with Crippen molar-refractivity contribution >= 4 is 40.2 Å². The molecule has 0 fully saturated rings. The van der Waals surface area contributed by atoms with E-state index < -0.39 is 16.6 Å². The van der Waals surface area contributed by atoms with Gasteiger partial charge in [0.25, 0.3) is 0 Å². The van der Waals surface area contributed by atoms with Gasteiger partial charge in [-0.15, -0.1) is 0 Å². The van der Waals surface area contributed by atoms with Crippen molar-refractivity contribution in [2.45, 2.75) is 26.2 Å². The summed E-state index contributed by atoms with van der Waals surface area (Å²) >= 11 is 2.54. The smallest absolute Gasteiger partial charge is 0.184 e. The molecule has 15 heavy (non-hydrogen) atoms. The molecule has 0 bridgehead atoms. The number of hydrogen-bond donors (Lipinski definition) is 0. The number of hydrogen-bond acceptors (Lipinski definition) is 5. The van der Waals surface area contributed by atoms with Crippen LogP contribution < -0.4 is 0 Å². The van der Waals surface area contributed by atoms with E-state index in [1.807, 2.05) is 0 Å². The fourth-order valence-corrected chi connectivity index (χ4v) is 12.0. The number of nitrogens with zero attached hydrogens (tertiary/aromatic N) is 2. The molecule has 0 rings (SSSR count). The molecule has 0 saturated heterocycles. The van der Waals surface area contributed by atoms with Gasteiger partial charge in [0, 0.05) is 10.8 Å². The second kappa shape index (κ2) is 6.61. The lowest BCUT2D eigenvalue weighted by Gasteiger charge is -2.32. The van der Waals surface area contributed by atoms with Crippen LogP contribution in [0.15, 0.2) is 0 Å². The monoisotopic (exact) mass is 276 g/mol. The standard InChI is InChI=1S/C8H16N2OS2Si2/c1-14(2,7-12-5-9)11-15(3,4)8-13-6-10/h7-8H2,1-4H3. The van der Waals surface area contributed by atoms with E-state index >= 15 is 0 Å². The van der Waals surface area contributed by atoms with Crippen molar-refractivity contribution in [2.24, 2.45) is 0 Å². The van der Waals surface area contributed by atoms with Crippen LogP contribution in [0.5, 0.6) is 0 Å².